The first-order valence-electron chi connectivity index (χ1n) is 7.67. The van der Waals surface area contributed by atoms with Crippen LogP contribution in [0.1, 0.15) is 33.6 Å². The van der Waals surface area contributed by atoms with Crippen molar-refractivity contribution < 1.29 is 37.1 Å². The molecule has 0 aromatic carbocycles. The molecular formula is C15H23F3O5S. The number of fused-ring (bicyclic) bond motifs is 1. The van der Waals surface area contributed by atoms with E-state index in [1.165, 1.54) is 0 Å². The van der Waals surface area contributed by atoms with Crippen LogP contribution in [0.15, 0.2) is 0 Å². The first kappa shape index (κ1) is 19.7. The van der Waals surface area contributed by atoms with Gasteiger partial charge in [-0.3, -0.25) is 0 Å². The van der Waals surface area contributed by atoms with Crippen molar-refractivity contribution in [1.29, 1.82) is 0 Å². The molecule has 5 nitrogen and oxygen atoms in total. The summed E-state index contributed by atoms with van der Waals surface area (Å²) in [5.74, 6) is 1.38. The molecule has 6 atom stereocenters. The van der Waals surface area contributed by atoms with Crippen LogP contribution in [0.2, 0.25) is 0 Å². The number of esters is 1. The Morgan fingerprint density at radius 1 is 1.50 bits per heavy atom. The van der Waals surface area contributed by atoms with Crippen LogP contribution in [-0.4, -0.2) is 51.4 Å². The van der Waals surface area contributed by atoms with Gasteiger partial charge < -0.3 is 19.1 Å². The number of ether oxygens (including phenoxy) is 2. The third-order valence-corrected chi connectivity index (χ3v) is 6.45. The summed E-state index contributed by atoms with van der Waals surface area (Å²) >= 11 is 0. The number of rotatable bonds is 6. The maximum absolute atomic E-state index is 13.6. The lowest BCUT2D eigenvalue weighted by molar-refractivity contribution is -0.340. The molecule has 0 aromatic heterocycles. The van der Waals surface area contributed by atoms with Crippen LogP contribution in [-0.2, 0) is 14.3 Å². The van der Waals surface area contributed by atoms with Crippen molar-refractivity contribution in [3.05, 3.63) is 0 Å². The number of halogens is 3. The summed E-state index contributed by atoms with van der Waals surface area (Å²) in [4.78, 5) is 12.3. The summed E-state index contributed by atoms with van der Waals surface area (Å²) in [6.07, 6.45) is -3.14. The number of aliphatic hydroxyl groups is 1. The van der Waals surface area contributed by atoms with Crippen LogP contribution in [0.5, 0.6) is 0 Å². The average molecular weight is 372 g/mol. The molecular weight excluding hydrogens is 349 g/mol. The Morgan fingerprint density at radius 3 is 2.54 bits per heavy atom. The van der Waals surface area contributed by atoms with Gasteiger partial charge in [0.15, 0.2) is 11.9 Å². The van der Waals surface area contributed by atoms with E-state index in [0.717, 1.165) is 0 Å². The molecule has 0 bridgehead atoms. The second-order valence-electron chi connectivity index (χ2n) is 7.03. The number of hydrogen-bond acceptors (Lipinski definition) is 5. The molecule has 1 saturated carbocycles. The van der Waals surface area contributed by atoms with Gasteiger partial charge >= 0.3 is 11.2 Å². The van der Waals surface area contributed by atoms with E-state index in [0.29, 0.717) is 6.42 Å². The van der Waals surface area contributed by atoms with E-state index in [9.17, 15) is 23.1 Å². The fraction of sp³-hybridized carbons (Fsp3) is 0.867. The minimum atomic E-state index is -4.10. The number of carbonyl (C=O) groups excluding carboxylic acids is 1. The van der Waals surface area contributed by atoms with Gasteiger partial charge in [-0.05, 0) is 30.0 Å². The van der Waals surface area contributed by atoms with Crippen LogP contribution in [0.3, 0.4) is 0 Å². The zero-order valence-electron chi connectivity index (χ0n) is 13.8. The van der Waals surface area contributed by atoms with Gasteiger partial charge in [-0.25, -0.2) is 9.18 Å². The lowest BCUT2D eigenvalue weighted by atomic mass is 9.65. The molecule has 2 rings (SSSR count). The Hall–Kier alpha value is -0.640. The van der Waals surface area contributed by atoms with Crippen molar-refractivity contribution in [3.63, 3.8) is 0 Å². The molecule has 6 unspecified atom stereocenters. The average Bonchev–Trinajstić information content (AvgIpc) is 2.72. The van der Waals surface area contributed by atoms with Crippen molar-refractivity contribution in [1.82, 2.24) is 0 Å². The third kappa shape index (κ3) is 2.79. The molecule has 9 heteroatoms. The van der Waals surface area contributed by atoms with E-state index >= 15 is 0 Å². The molecule has 1 heterocycles. The lowest BCUT2D eigenvalue weighted by Crippen LogP contribution is -2.66. The maximum Gasteiger partial charge on any atom is 0.344 e. The van der Waals surface area contributed by atoms with Gasteiger partial charge in [0.05, 0.1) is 5.92 Å². The summed E-state index contributed by atoms with van der Waals surface area (Å²) in [7, 11) is -2.72. The van der Waals surface area contributed by atoms with E-state index in [4.69, 9.17) is 14.0 Å². The Kier molecular flexibility index (Phi) is 5.14. The first-order chi connectivity index (χ1) is 10.9. The molecule has 1 aliphatic heterocycles. The zero-order chi connectivity index (χ0) is 18.5. The summed E-state index contributed by atoms with van der Waals surface area (Å²) in [5, 5.41) is 5.83. The van der Waals surface area contributed by atoms with Crippen LogP contribution in [0, 0.1) is 17.3 Å². The van der Waals surface area contributed by atoms with Gasteiger partial charge in [-0.2, -0.15) is 8.78 Å². The van der Waals surface area contributed by atoms with Crippen LogP contribution >= 0.6 is 10.8 Å². The van der Waals surface area contributed by atoms with Gasteiger partial charge in [-0.1, -0.05) is 20.8 Å². The highest BCUT2D eigenvalue weighted by Gasteiger charge is 2.71. The molecule has 0 aromatic rings. The van der Waals surface area contributed by atoms with Crippen molar-refractivity contribution in [2.45, 2.75) is 56.9 Å². The summed E-state index contributed by atoms with van der Waals surface area (Å²) in [6, 6.07) is 0. The van der Waals surface area contributed by atoms with E-state index in [2.05, 4.69) is 5.87 Å². The summed E-state index contributed by atoms with van der Waals surface area (Å²) in [6.45, 7) is 4.63. The molecule has 0 radical (unpaired) electrons. The van der Waals surface area contributed by atoms with E-state index in [-0.39, 0.29) is 17.8 Å². The molecule has 0 amide bonds. The Morgan fingerprint density at radius 2 is 2.08 bits per heavy atom. The standard InChI is InChI=1S/C15H23F3O5S/c1-8(2)13(3)5-6-14(10(13)11(19)23-14)12(20)22-7-9(16)15(17,18)24(4)21/h8-11,19,21H,4-7H2,1-3H3. The summed E-state index contributed by atoms with van der Waals surface area (Å²) < 4.78 is 58.9. The topological polar surface area (TPSA) is 76.0 Å². The molecule has 1 saturated heterocycles. The summed E-state index contributed by atoms with van der Waals surface area (Å²) in [5.41, 5.74) is -1.79. The van der Waals surface area contributed by atoms with Crippen LogP contribution in [0.25, 0.3) is 0 Å². The Bertz CT molecular complexity index is 543. The molecule has 2 fully saturated rings. The smallest absolute Gasteiger partial charge is 0.344 e. The maximum atomic E-state index is 13.6. The van der Waals surface area contributed by atoms with E-state index in [1.807, 2.05) is 20.8 Å². The van der Waals surface area contributed by atoms with Gasteiger partial charge in [0, 0.05) is 10.8 Å². The number of aliphatic hydroxyl groups excluding tert-OH is 1. The van der Waals surface area contributed by atoms with Gasteiger partial charge in [0.25, 0.3) is 0 Å². The number of hydrogen-bond donors (Lipinski definition) is 2. The SMILES string of the molecule is C=S(O)C(F)(F)C(F)COC(=O)C12CCC(C)(C(C)C)C1C(O)O2. The molecule has 0 spiro atoms. The predicted octanol–water partition coefficient (Wildman–Crippen LogP) is 2.79. The first-order valence-corrected chi connectivity index (χ1v) is 9.03. The molecule has 2 aliphatic rings. The van der Waals surface area contributed by atoms with Crippen molar-refractivity contribution in [3.8, 4) is 0 Å². The fourth-order valence-corrected chi connectivity index (χ4v) is 4.00. The molecule has 1 aliphatic carbocycles. The van der Waals surface area contributed by atoms with Gasteiger partial charge in [-0.15, -0.1) is 0 Å². The lowest BCUT2D eigenvalue weighted by Gasteiger charge is -2.52. The highest BCUT2D eigenvalue weighted by molar-refractivity contribution is 8.10. The molecule has 24 heavy (non-hydrogen) atoms. The normalized spacial score (nSPS) is 38.4. The molecule has 2 N–H and O–H groups in total. The monoisotopic (exact) mass is 372 g/mol. The molecule has 140 valence electrons. The highest BCUT2D eigenvalue weighted by Crippen LogP contribution is 2.62. The Labute approximate surface area is 141 Å². The minimum Gasteiger partial charge on any atom is -0.460 e. The van der Waals surface area contributed by atoms with Gasteiger partial charge in [0.2, 0.25) is 6.17 Å². The number of alkyl halides is 3. The second kappa shape index (κ2) is 6.26. The van der Waals surface area contributed by atoms with E-state index < -0.39 is 52.6 Å². The van der Waals surface area contributed by atoms with Crippen molar-refractivity contribution in [2.24, 2.45) is 17.3 Å². The highest BCUT2D eigenvalue weighted by atomic mass is 32.2. The van der Waals surface area contributed by atoms with Crippen LogP contribution < -0.4 is 0 Å². The predicted molar refractivity (Wildman–Crippen MR) is 83.6 cm³/mol. The Balaban J connectivity index is 2.07. The minimum absolute atomic E-state index is 0.150. The number of carbonyl (C=O) groups is 1. The second-order valence-corrected chi connectivity index (χ2v) is 8.30. The van der Waals surface area contributed by atoms with Crippen molar-refractivity contribution >= 4 is 22.6 Å². The quantitative estimate of drug-likeness (QED) is 0.554. The third-order valence-electron chi connectivity index (χ3n) is 5.57. The van der Waals surface area contributed by atoms with Gasteiger partial charge in [0.1, 0.15) is 6.61 Å². The van der Waals surface area contributed by atoms with Crippen LogP contribution in [0.4, 0.5) is 13.2 Å². The van der Waals surface area contributed by atoms with Crippen molar-refractivity contribution in [2.75, 3.05) is 6.61 Å². The van der Waals surface area contributed by atoms with E-state index in [1.54, 1.807) is 0 Å². The fourth-order valence-electron chi connectivity index (χ4n) is 3.64. The zero-order valence-corrected chi connectivity index (χ0v) is 14.6. The largest absolute Gasteiger partial charge is 0.460 e.